The van der Waals surface area contributed by atoms with Crippen molar-refractivity contribution in [2.75, 3.05) is 12.4 Å². The molecule has 0 atom stereocenters. The molecule has 4 heteroatoms. The fraction of sp³-hybridized carbons (Fsp3) is 0.412. The zero-order valence-corrected chi connectivity index (χ0v) is 14.2. The molecule has 1 heterocycles. The number of aromatic nitrogens is 2. The van der Waals surface area contributed by atoms with Crippen LogP contribution in [0.15, 0.2) is 29.6 Å². The molecule has 0 bridgehead atoms. The first-order valence-electron chi connectivity index (χ1n) is 7.24. The summed E-state index contributed by atoms with van der Waals surface area (Å²) in [6.45, 7) is 8.65. The predicted octanol–water partition coefficient (Wildman–Crippen LogP) is 4.55. The topological polar surface area (TPSA) is 37.8 Å². The molecule has 0 amide bonds. The molecular weight excluding hydrogens is 278 g/mol. The fourth-order valence-electron chi connectivity index (χ4n) is 2.52. The smallest absolute Gasteiger partial charge is 0.133 e. The van der Waals surface area contributed by atoms with Crippen LogP contribution in [0.2, 0.25) is 0 Å². The molecule has 0 unspecified atom stereocenters. The number of hydrogen-bond acceptors (Lipinski definition) is 4. The summed E-state index contributed by atoms with van der Waals surface area (Å²) < 4.78 is 0. The lowest BCUT2D eigenvalue weighted by atomic mass is 10.1. The minimum absolute atomic E-state index is 0.399. The van der Waals surface area contributed by atoms with Crippen LogP contribution in [0.1, 0.15) is 42.0 Å². The Morgan fingerprint density at radius 3 is 2.33 bits per heavy atom. The number of thioether (sulfide) groups is 1. The number of anilines is 1. The van der Waals surface area contributed by atoms with Gasteiger partial charge in [0.1, 0.15) is 17.2 Å². The molecule has 0 spiro atoms. The number of benzene rings is 1. The summed E-state index contributed by atoms with van der Waals surface area (Å²) in [5.74, 6) is 2.26. The molecule has 21 heavy (non-hydrogen) atoms. The Bertz CT molecular complexity index is 603. The van der Waals surface area contributed by atoms with Gasteiger partial charge >= 0.3 is 0 Å². The lowest BCUT2D eigenvalue weighted by molar-refractivity contribution is 0.806. The highest BCUT2D eigenvalue weighted by Gasteiger charge is 2.14. The lowest BCUT2D eigenvalue weighted by Crippen LogP contribution is -2.04. The Hall–Kier alpha value is -1.55. The van der Waals surface area contributed by atoms with E-state index in [1.807, 2.05) is 7.05 Å². The van der Waals surface area contributed by atoms with Crippen LogP contribution in [-0.4, -0.2) is 17.0 Å². The third-order valence-corrected chi connectivity index (χ3v) is 4.39. The molecule has 0 aliphatic heterocycles. The zero-order chi connectivity index (χ0) is 15.4. The summed E-state index contributed by atoms with van der Waals surface area (Å²) in [4.78, 5) is 8.81. The first-order chi connectivity index (χ1) is 10.0. The minimum Gasteiger partial charge on any atom is -0.373 e. The van der Waals surface area contributed by atoms with Crippen molar-refractivity contribution < 1.29 is 0 Å². The summed E-state index contributed by atoms with van der Waals surface area (Å²) in [6.07, 6.45) is 1.64. The Labute approximate surface area is 131 Å². The Balaban J connectivity index is 2.23. The standard InChI is InChI=1S/C17H23N3S/c1-11(2)15-16(18-5)19-10-20-17(15)21-9-14-7-12(3)6-13(4)8-14/h6-8,10-11H,9H2,1-5H3,(H,18,19,20). The van der Waals surface area contributed by atoms with Gasteiger partial charge in [-0.3, -0.25) is 0 Å². The highest BCUT2D eigenvalue weighted by molar-refractivity contribution is 7.98. The quantitative estimate of drug-likeness (QED) is 0.649. The molecule has 0 aliphatic rings. The maximum absolute atomic E-state index is 4.48. The van der Waals surface area contributed by atoms with Crippen molar-refractivity contribution in [3.05, 3.63) is 46.8 Å². The van der Waals surface area contributed by atoms with Gasteiger partial charge in [0.25, 0.3) is 0 Å². The van der Waals surface area contributed by atoms with Crippen LogP contribution in [0.3, 0.4) is 0 Å². The van der Waals surface area contributed by atoms with Crippen LogP contribution >= 0.6 is 11.8 Å². The molecule has 0 aliphatic carbocycles. The Morgan fingerprint density at radius 1 is 1.10 bits per heavy atom. The third kappa shape index (κ3) is 3.97. The number of aryl methyl sites for hydroxylation is 2. The van der Waals surface area contributed by atoms with Gasteiger partial charge in [-0.25, -0.2) is 9.97 Å². The maximum atomic E-state index is 4.48. The fourth-order valence-corrected chi connectivity index (χ4v) is 3.60. The average Bonchev–Trinajstić information content (AvgIpc) is 2.43. The van der Waals surface area contributed by atoms with Crippen LogP contribution in [0.4, 0.5) is 5.82 Å². The zero-order valence-electron chi connectivity index (χ0n) is 13.4. The van der Waals surface area contributed by atoms with Crippen molar-refractivity contribution in [2.45, 2.75) is 44.4 Å². The van der Waals surface area contributed by atoms with Crippen LogP contribution in [-0.2, 0) is 5.75 Å². The summed E-state index contributed by atoms with van der Waals surface area (Å²) in [7, 11) is 1.91. The van der Waals surface area contributed by atoms with Crippen LogP contribution in [0.5, 0.6) is 0 Å². The van der Waals surface area contributed by atoms with E-state index in [9.17, 15) is 0 Å². The van der Waals surface area contributed by atoms with Gasteiger partial charge in [0.15, 0.2) is 0 Å². The van der Waals surface area contributed by atoms with Gasteiger partial charge in [-0.05, 0) is 25.3 Å². The summed E-state index contributed by atoms with van der Waals surface area (Å²) in [5, 5.41) is 4.24. The monoisotopic (exact) mass is 301 g/mol. The van der Waals surface area contributed by atoms with E-state index in [0.717, 1.165) is 16.6 Å². The second-order valence-electron chi connectivity index (χ2n) is 5.63. The van der Waals surface area contributed by atoms with Crippen molar-refractivity contribution in [1.82, 2.24) is 9.97 Å². The maximum Gasteiger partial charge on any atom is 0.133 e. The van der Waals surface area contributed by atoms with Crippen molar-refractivity contribution in [3.8, 4) is 0 Å². The molecule has 0 radical (unpaired) electrons. The van der Waals surface area contributed by atoms with E-state index in [4.69, 9.17) is 0 Å². The largest absolute Gasteiger partial charge is 0.373 e. The van der Waals surface area contributed by atoms with Gasteiger partial charge in [0.05, 0.1) is 0 Å². The van der Waals surface area contributed by atoms with Gasteiger partial charge < -0.3 is 5.32 Å². The molecular formula is C17H23N3S. The van der Waals surface area contributed by atoms with Crippen LogP contribution in [0.25, 0.3) is 0 Å². The highest BCUT2D eigenvalue weighted by Crippen LogP contribution is 2.33. The number of rotatable bonds is 5. The Kier molecular flexibility index (Phi) is 5.23. The van der Waals surface area contributed by atoms with Crippen LogP contribution < -0.4 is 5.32 Å². The molecule has 2 aromatic rings. The molecule has 0 saturated heterocycles. The van der Waals surface area contributed by atoms with E-state index in [2.05, 4.69) is 61.2 Å². The molecule has 3 nitrogen and oxygen atoms in total. The second-order valence-corrected chi connectivity index (χ2v) is 6.59. The first-order valence-corrected chi connectivity index (χ1v) is 8.22. The minimum atomic E-state index is 0.399. The van der Waals surface area contributed by atoms with E-state index >= 15 is 0 Å². The molecule has 0 fully saturated rings. The van der Waals surface area contributed by atoms with Gasteiger partial charge in [-0.2, -0.15) is 0 Å². The van der Waals surface area contributed by atoms with Crippen molar-refractivity contribution in [3.63, 3.8) is 0 Å². The van der Waals surface area contributed by atoms with Gasteiger partial charge in [-0.15, -0.1) is 11.8 Å². The molecule has 1 N–H and O–H groups in total. The van der Waals surface area contributed by atoms with Gasteiger partial charge in [0.2, 0.25) is 0 Å². The number of nitrogens with one attached hydrogen (secondary N) is 1. The highest BCUT2D eigenvalue weighted by atomic mass is 32.2. The summed E-state index contributed by atoms with van der Waals surface area (Å²) in [6, 6.07) is 6.70. The molecule has 112 valence electrons. The Morgan fingerprint density at radius 2 is 1.76 bits per heavy atom. The summed E-state index contributed by atoms with van der Waals surface area (Å²) >= 11 is 1.78. The van der Waals surface area contributed by atoms with Crippen molar-refractivity contribution in [2.24, 2.45) is 0 Å². The van der Waals surface area contributed by atoms with Crippen molar-refractivity contribution in [1.29, 1.82) is 0 Å². The third-order valence-electron chi connectivity index (χ3n) is 3.32. The van der Waals surface area contributed by atoms with Crippen molar-refractivity contribution >= 4 is 17.6 Å². The van der Waals surface area contributed by atoms with Gasteiger partial charge in [0, 0.05) is 18.4 Å². The lowest BCUT2D eigenvalue weighted by Gasteiger charge is -2.15. The van der Waals surface area contributed by atoms with Crippen LogP contribution in [0, 0.1) is 13.8 Å². The molecule has 0 saturated carbocycles. The molecule has 1 aromatic heterocycles. The first kappa shape index (κ1) is 15.8. The molecule has 2 rings (SSSR count). The van der Waals surface area contributed by atoms with E-state index < -0.39 is 0 Å². The average molecular weight is 301 g/mol. The predicted molar refractivity (Wildman–Crippen MR) is 91.1 cm³/mol. The number of nitrogens with zero attached hydrogens (tertiary/aromatic N) is 2. The van der Waals surface area contributed by atoms with E-state index in [1.165, 1.54) is 22.3 Å². The second kappa shape index (κ2) is 6.94. The van der Waals surface area contributed by atoms with Gasteiger partial charge in [-0.1, -0.05) is 43.2 Å². The van der Waals surface area contributed by atoms with E-state index in [0.29, 0.717) is 5.92 Å². The summed E-state index contributed by atoms with van der Waals surface area (Å²) in [5.41, 5.74) is 5.17. The van der Waals surface area contributed by atoms with E-state index in [1.54, 1.807) is 18.1 Å². The number of hydrogen-bond donors (Lipinski definition) is 1. The molecule has 1 aromatic carbocycles. The SMILES string of the molecule is CNc1ncnc(SCc2cc(C)cc(C)c2)c1C(C)C. The van der Waals surface area contributed by atoms with E-state index in [-0.39, 0.29) is 0 Å². The normalized spacial score (nSPS) is 11.0.